The standard InChI is InChI=1S/C30H31N9O5/c1-42-26-13-22-25(44-11-7-31-22)14-24(26)39-23-12-21(19-16-35-38-8-3-5-32-28(19)38)34-15-20(23)27(36-39)29(40)33-6-10-37-9-4-18(17-37)30(41)43-2/h3,5,8,12-16,18,31H,4,6-7,9-11,17H2,1-2H3,(H,33,40)/t18-/m0/s1. The summed E-state index contributed by atoms with van der Waals surface area (Å²) < 4.78 is 19.9. The van der Waals surface area contributed by atoms with Gasteiger partial charge in [-0.15, -0.1) is 0 Å². The second-order valence-electron chi connectivity index (χ2n) is 10.7. The summed E-state index contributed by atoms with van der Waals surface area (Å²) in [5.41, 5.74) is 4.34. The number of fused-ring (bicyclic) bond motifs is 3. The average molecular weight is 598 g/mol. The Bertz CT molecular complexity index is 1880. The molecule has 226 valence electrons. The molecule has 1 fully saturated rings. The van der Waals surface area contributed by atoms with Gasteiger partial charge in [-0.25, -0.2) is 14.2 Å². The van der Waals surface area contributed by atoms with Gasteiger partial charge < -0.3 is 29.7 Å². The first kappa shape index (κ1) is 27.6. The van der Waals surface area contributed by atoms with E-state index in [1.165, 1.54) is 7.11 Å². The number of anilines is 1. The van der Waals surface area contributed by atoms with Crippen molar-refractivity contribution in [1.29, 1.82) is 0 Å². The number of benzene rings is 1. The molecule has 4 aromatic heterocycles. The first-order valence-electron chi connectivity index (χ1n) is 14.4. The van der Waals surface area contributed by atoms with Crippen LogP contribution < -0.4 is 20.1 Å². The van der Waals surface area contributed by atoms with Crippen molar-refractivity contribution in [2.24, 2.45) is 5.92 Å². The van der Waals surface area contributed by atoms with E-state index in [0.29, 0.717) is 72.2 Å². The fraction of sp³-hybridized carbons (Fsp3) is 0.333. The number of hydrogen-bond donors (Lipinski definition) is 2. The Morgan fingerprint density at radius 2 is 2.09 bits per heavy atom. The molecule has 1 amide bonds. The van der Waals surface area contributed by atoms with E-state index in [2.05, 4.69) is 25.6 Å². The van der Waals surface area contributed by atoms with Crippen LogP contribution in [0.2, 0.25) is 0 Å². The van der Waals surface area contributed by atoms with Gasteiger partial charge in [-0.05, 0) is 25.1 Å². The van der Waals surface area contributed by atoms with Crippen LogP contribution in [-0.4, -0.2) is 99.7 Å². The Morgan fingerprint density at radius 3 is 2.95 bits per heavy atom. The predicted molar refractivity (Wildman–Crippen MR) is 160 cm³/mol. The third-order valence-electron chi connectivity index (χ3n) is 8.04. The number of esters is 1. The molecule has 44 heavy (non-hydrogen) atoms. The number of hydrogen-bond acceptors (Lipinski definition) is 11. The van der Waals surface area contributed by atoms with Crippen molar-refractivity contribution in [1.82, 2.24) is 39.6 Å². The largest absolute Gasteiger partial charge is 0.494 e. The van der Waals surface area contributed by atoms with Gasteiger partial charge in [0.1, 0.15) is 23.8 Å². The van der Waals surface area contributed by atoms with Crippen molar-refractivity contribution in [3.63, 3.8) is 0 Å². The molecule has 0 radical (unpaired) electrons. The van der Waals surface area contributed by atoms with Gasteiger partial charge >= 0.3 is 5.97 Å². The normalized spacial score (nSPS) is 16.4. The van der Waals surface area contributed by atoms with E-state index in [0.717, 1.165) is 24.2 Å². The highest BCUT2D eigenvalue weighted by atomic mass is 16.5. The van der Waals surface area contributed by atoms with Crippen molar-refractivity contribution < 1.29 is 23.8 Å². The minimum absolute atomic E-state index is 0.135. The van der Waals surface area contributed by atoms with Gasteiger partial charge in [-0.3, -0.25) is 14.6 Å². The number of rotatable bonds is 8. The molecule has 1 atom stereocenters. The number of likely N-dealkylation sites (tertiary alicyclic amines) is 1. The minimum Gasteiger partial charge on any atom is -0.494 e. The van der Waals surface area contributed by atoms with E-state index in [4.69, 9.17) is 24.3 Å². The van der Waals surface area contributed by atoms with Crippen molar-refractivity contribution in [3.05, 3.63) is 54.7 Å². The van der Waals surface area contributed by atoms with Gasteiger partial charge in [0.25, 0.3) is 5.91 Å². The maximum atomic E-state index is 13.6. The Labute approximate surface area is 251 Å². The zero-order chi connectivity index (χ0) is 30.2. The van der Waals surface area contributed by atoms with E-state index >= 15 is 0 Å². The summed E-state index contributed by atoms with van der Waals surface area (Å²) in [6.07, 6.45) is 7.64. The SMILES string of the molecule is COC(=O)[C@H]1CCN(CCNC(=O)c2nn(-c3cc4c(cc3OC)NCCO4)c3cc(-c4cnn5cccnc45)ncc23)C1. The highest BCUT2D eigenvalue weighted by Crippen LogP contribution is 2.38. The average Bonchev–Trinajstić information content (AvgIpc) is 3.81. The number of amides is 1. The molecule has 2 aliphatic rings. The number of ether oxygens (including phenoxy) is 3. The van der Waals surface area contributed by atoms with Gasteiger partial charge in [0, 0.05) is 56.9 Å². The maximum Gasteiger partial charge on any atom is 0.310 e. The highest BCUT2D eigenvalue weighted by Gasteiger charge is 2.29. The lowest BCUT2D eigenvalue weighted by molar-refractivity contribution is -0.144. The molecular weight excluding hydrogens is 566 g/mol. The van der Waals surface area contributed by atoms with E-state index < -0.39 is 0 Å². The Morgan fingerprint density at radius 1 is 1.18 bits per heavy atom. The predicted octanol–water partition coefficient (Wildman–Crippen LogP) is 2.17. The lowest BCUT2D eigenvalue weighted by Crippen LogP contribution is -2.34. The van der Waals surface area contributed by atoms with Gasteiger partial charge in [-0.2, -0.15) is 10.2 Å². The number of methoxy groups -OCH3 is 2. The quantitative estimate of drug-likeness (QED) is 0.253. The molecule has 2 N–H and O–H groups in total. The molecule has 1 saturated heterocycles. The summed E-state index contributed by atoms with van der Waals surface area (Å²) in [5, 5.41) is 16.1. The molecule has 7 rings (SSSR count). The molecule has 1 aromatic carbocycles. The molecule has 6 heterocycles. The molecule has 0 spiro atoms. The number of aromatic nitrogens is 6. The third kappa shape index (κ3) is 4.92. The van der Waals surface area contributed by atoms with E-state index in [1.54, 1.807) is 41.0 Å². The number of carbonyl (C=O) groups excluding carboxylic acids is 2. The van der Waals surface area contributed by atoms with Crippen LogP contribution in [0.25, 0.3) is 33.5 Å². The van der Waals surface area contributed by atoms with Crippen molar-refractivity contribution in [3.8, 4) is 28.4 Å². The fourth-order valence-electron chi connectivity index (χ4n) is 5.81. The summed E-state index contributed by atoms with van der Waals surface area (Å²) in [5.74, 6) is 0.561. The van der Waals surface area contributed by atoms with E-state index in [1.807, 2.05) is 24.4 Å². The molecule has 2 aliphatic heterocycles. The van der Waals surface area contributed by atoms with Crippen molar-refractivity contribution in [2.75, 3.05) is 58.9 Å². The zero-order valence-corrected chi connectivity index (χ0v) is 24.3. The van der Waals surface area contributed by atoms with Crippen LogP contribution in [0.3, 0.4) is 0 Å². The summed E-state index contributed by atoms with van der Waals surface area (Å²) in [7, 11) is 3.00. The lowest BCUT2D eigenvalue weighted by Gasteiger charge is -2.21. The van der Waals surface area contributed by atoms with Gasteiger partial charge in [0.15, 0.2) is 11.3 Å². The van der Waals surface area contributed by atoms with Crippen LogP contribution in [-0.2, 0) is 9.53 Å². The molecule has 14 nitrogen and oxygen atoms in total. The number of nitrogens with one attached hydrogen (secondary N) is 2. The first-order chi connectivity index (χ1) is 21.5. The molecule has 0 saturated carbocycles. The zero-order valence-electron chi connectivity index (χ0n) is 24.3. The van der Waals surface area contributed by atoms with Crippen molar-refractivity contribution >= 4 is 34.1 Å². The van der Waals surface area contributed by atoms with Crippen LogP contribution in [0.5, 0.6) is 11.5 Å². The molecule has 5 aromatic rings. The van der Waals surface area contributed by atoms with Crippen LogP contribution in [0.1, 0.15) is 16.9 Å². The second-order valence-corrected chi connectivity index (χ2v) is 10.7. The number of carbonyl (C=O) groups is 2. The molecule has 0 unspecified atom stereocenters. The number of pyridine rings is 1. The van der Waals surface area contributed by atoms with Gasteiger partial charge in [0.2, 0.25) is 0 Å². The molecule has 0 aliphatic carbocycles. The smallest absolute Gasteiger partial charge is 0.310 e. The molecule has 14 heteroatoms. The summed E-state index contributed by atoms with van der Waals surface area (Å²) in [4.78, 5) is 36.8. The Balaban J connectivity index is 1.25. The minimum atomic E-state index is -0.334. The highest BCUT2D eigenvalue weighted by molar-refractivity contribution is 6.05. The van der Waals surface area contributed by atoms with Crippen LogP contribution in [0.4, 0.5) is 5.69 Å². The van der Waals surface area contributed by atoms with E-state index in [9.17, 15) is 9.59 Å². The van der Waals surface area contributed by atoms with Crippen LogP contribution in [0.15, 0.2) is 49.1 Å². The number of nitrogens with zero attached hydrogens (tertiary/aromatic N) is 7. The summed E-state index contributed by atoms with van der Waals surface area (Å²) in [6.45, 7) is 3.59. The maximum absolute atomic E-state index is 13.6. The third-order valence-corrected chi connectivity index (χ3v) is 8.04. The van der Waals surface area contributed by atoms with Gasteiger partial charge in [0.05, 0.1) is 54.2 Å². The molecule has 0 bridgehead atoms. The molecular formula is C30H31N9O5. The Hall–Kier alpha value is -5.24. The second kappa shape index (κ2) is 11.4. The first-order valence-corrected chi connectivity index (χ1v) is 14.4. The lowest BCUT2D eigenvalue weighted by atomic mass is 10.1. The monoisotopic (exact) mass is 597 g/mol. The van der Waals surface area contributed by atoms with Crippen LogP contribution >= 0.6 is 0 Å². The fourth-order valence-corrected chi connectivity index (χ4v) is 5.81. The topological polar surface area (TPSA) is 150 Å². The van der Waals surface area contributed by atoms with Crippen LogP contribution in [0, 0.1) is 5.92 Å². The summed E-state index contributed by atoms with van der Waals surface area (Å²) >= 11 is 0. The van der Waals surface area contributed by atoms with Crippen molar-refractivity contribution in [2.45, 2.75) is 6.42 Å². The van der Waals surface area contributed by atoms with Gasteiger partial charge in [-0.1, -0.05) is 0 Å². The summed E-state index contributed by atoms with van der Waals surface area (Å²) in [6, 6.07) is 7.41. The Kier molecular flexibility index (Phi) is 7.18. The van der Waals surface area contributed by atoms with E-state index in [-0.39, 0.29) is 23.5 Å².